The standard InChI is InChI=1S/C15H14ClFN2O2/c1-8-6-10(8)7-19-14(20)12(13(16)18-15(19)21)9-2-4-11(17)5-3-9/h2-5,8,10H,6-7H2,1H3,(H,18,21). The highest BCUT2D eigenvalue weighted by molar-refractivity contribution is 6.32. The van der Waals surface area contributed by atoms with Gasteiger partial charge in [-0.15, -0.1) is 0 Å². The summed E-state index contributed by atoms with van der Waals surface area (Å²) in [4.78, 5) is 27.0. The molecule has 1 heterocycles. The van der Waals surface area contributed by atoms with Crippen molar-refractivity contribution in [3.63, 3.8) is 0 Å². The van der Waals surface area contributed by atoms with Crippen LogP contribution in [0, 0.1) is 17.7 Å². The Bertz CT molecular complexity index is 795. The van der Waals surface area contributed by atoms with Gasteiger partial charge in [-0.3, -0.25) is 14.3 Å². The molecule has 0 spiro atoms. The molecule has 2 aromatic rings. The summed E-state index contributed by atoms with van der Waals surface area (Å²) in [5.74, 6) is 0.485. The van der Waals surface area contributed by atoms with Crippen molar-refractivity contribution < 1.29 is 4.39 Å². The molecule has 1 aliphatic rings. The van der Waals surface area contributed by atoms with Crippen LogP contribution >= 0.6 is 11.6 Å². The Morgan fingerprint density at radius 1 is 1.33 bits per heavy atom. The number of benzene rings is 1. The number of nitrogens with one attached hydrogen (secondary N) is 1. The van der Waals surface area contributed by atoms with Crippen LogP contribution < -0.4 is 11.2 Å². The first-order chi connectivity index (χ1) is 9.97. The van der Waals surface area contributed by atoms with E-state index in [0.29, 0.717) is 23.9 Å². The molecule has 2 unspecified atom stereocenters. The van der Waals surface area contributed by atoms with Gasteiger partial charge in [0.15, 0.2) is 0 Å². The number of halogens is 2. The third kappa shape index (κ3) is 2.65. The Morgan fingerprint density at radius 3 is 2.52 bits per heavy atom. The molecule has 1 fully saturated rings. The van der Waals surface area contributed by atoms with E-state index in [2.05, 4.69) is 11.9 Å². The van der Waals surface area contributed by atoms with Crippen molar-refractivity contribution in [2.45, 2.75) is 19.9 Å². The second kappa shape index (κ2) is 5.15. The lowest BCUT2D eigenvalue weighted by molar-refractivity contribution is 0.552. The molecule has 1 aliphatic carbocycles. The number of nitrogens with zero attached hydrogens (tertiary/aromatic N) is 1. The van der Waals surface area contributed by atoms with Gasteiger partial charge in [0.2, 0.25) is 0 Å². The van der Waals surface area contributed by atoms with Crippen LogP contribution in [0.1, 0.15) is 13.3 Å². The summed E-state index contributed by atoms with van der Waals surface area (Å²) in [5, 5.41) is -0.0169. The van der Waals surface area contributed by atoms with Crippen molar-refractivity contribution in [3.8, 4) is 11.1 Å². The van der Waals surface area contributed by atoms with Crippen LogP contribution in [0.3, 0.4) is 0 Å². The van der Waals surface area contributed by atoms with Gasteiger partial charge >= 0.3 is 5.69 Å². The lowest BCUT2D eigenvalue weighted by Gasteiger charge is -2.09. The second-order valence-corrected chi connectivity index (χ2v) is 5.89. The predicted molar refractivity (Wildman–Crippen MR) is 79.0 cm³/mol. The summed E-state index contributed by atoms with van der Waals surface area (Å²) >= 11 is 6.00. The van der Waals surface area contributed by atoms with Gasteiger partial charge in [-0.25, -0.2) is 9.18 Å². The van der Waals surface area contributed by atoms with Crippen LogP contribution in [0.5, 0.6) is 0 Å². The van der Waals surface area contributed by atoms with E-state index in [-0.39, 0.29) is 10.7 Å². The van der Waals surface area contributed by atoms with Gasteiger partial charge in [-0.1, -0.05) is 30.7 Å². The summed E-state index contributed by atoms with van der Waals surface area (Å²) in [6.07, 6.45) is 1.01. The van der Waals surface area contributed by atoms with Crippen molar-refractivity contribution in [2.24, 2.45) is 11.8 Å². The number of H-pyrrole nitrogens is 1. The molecular formula is C15H14ClFN2O2. The van der Waals surface area contributed by atoms with Crippen LogP contribution in [0.25, 0.3) is 11.1 Å². The first-order valence-electron chi connectivity index (χ1n) is 6.76. The zero-order chi connectivity index (χ0) is 15.1. The molecule has 0 saturated heterocycles. The van der Waals surface area contributed by atoms with Crippen LogP contribution in [-0.4, -0.2) is 9.55 Å². The highest BCUT2D eigenvalue weighted by Gasteiger charge is 2.33. The Hall–Kier alpha value is -1.88. The minimum atomic E-state index is -0.505. The Kier molecular flexibility index (Phi) is 3.45. The molecule has 110 valence electrons. The molecule has 1 aromatic carbocycles. The predicted octanol–water partition coefficient (Wildman–Crippen LogP) is 2.65. The third-order valence-corrected chi connectivity index (χ3v) is 4.25. The van der Waals surface area contributed by atoms with Crippen LogP contribution in [0.15, 0.2) is 33.9 Å². The van der Waals surface area contributed by atoms with Gasteiger partial charge in [-0.05, 0) is 36.0 Å². The smallest absolute Gasteiger partial charge is 0.297 e. The van der Waals surface area contributed by atoms with Gasteiger partial charge in [0.25, 0.3) is 5.56 Å². The van der Waals surface area contributed by atoms with E-state index in [1.54, 1.807) is 0 Å². The minimum absolute atomic E-state index is 0.0169. The van der Waals surface area contributed by atoms with E-state index >= 15 is 0 Å². The molecule has 6 heteroatoms. The van der Waals surface area contributed by atoms with E-state index in [4.69, 9.17) is 11.6 Å². The summed E-state index contributed by atoms with van der Waals surface area (Å²) in [5.41, 5.74) is -0.255. The van der Waals surface area contributed by atoms with Crippen LogP contribution in [-0.2, 0) is 6.54 Å². The molecule has 2 atom stereocenters. The molecule has 1 aromatic heterocycles. The number of aromatic amines is 1. The van der Waals surface area contributed by atoms with Crippen molar-refractivity contribution >= 4 is 11.6 Å². The fraction of sp³-hybridized carbons (Fsp3) is 0.333. The molecule has 21 heavy (non-hydrogen) atoms. The summed E-state index contributed by atoms with van der Waals surface area (Å²) in [7, 11) is 0. The largest absolute Gasteiger partial charge is 0.329 e. The average molecular weight is 309 g/mol. The van der Waals surface area contributed by atoms with E-state index in [1.165, 1.54) is 28.8 Å². The zero-order valence-electron chi connectivity index (χ0n) is 11.4. The lowest BCUT2D eigenvalue weighted by atomic mass is 10.1. The Labute approximate surface area is 125 Å². The SMILES string of the molecule is CC1CC1Cn1c(=O)[nH]c(Cl)c(-c2ccc(F)cc2)c1=O. The first-order valence-corrected chi connectivity index (χ1v) is 7.13. The second-order valence-electron chi connectivity index (χ2n) is 5.51. The number of hydrogen-bond donors (Lipinski definition) is 1. The molecular weight excluding hydrogens is 295 g/mol. The maximum Gasteiger partial charge on any atom is 0.329 e. The van der Waals surface area contributed by atoms with Crippen LogP contribution in [0.2, 0.25) is 5.15 Å². The van der Waals surface area contributed by atoms with E-state index < -0.39 is 17.1 Å². The van der Waals surface area contributed by atoms with Gasteiger partial charge in [0.05, 0.1) is 5.56 Å². The fourth-order valence-corrected chi connectivity index (χ4v) is 2.74. The van der Waals surface area contributed by atoms with E-state index in [1.807, 2.05) is 0 Å². The molecule has 0 bridgehead atoms. The highest BCUT2D eigenvalue weighted by atomic mass is 35.5. The van der Waals surface area contributed by atoms with E-state index in [0.717, 1.165) is 6.42 Å². The Balaban J connectivity index is 2.12. The first kappa shape index (κ1) is 14.1. The van der Waals surface area contributed by atoms with E-state index in [9.17, 15) is 14.0 Å². The summed E-state index contributed by atoms with van der Waals surface area (Å²) in [6, 6.07) is 5.45. The van der Waals surface area contributed by atoms with Crippen molar-refractivity contribution in [1.82, 2.24) is 9.55 Å². The van der Waals surface area contributed by atoms with Gasteiger partial charge in [0, 0.05) is 6.54 Å². The number of hydrogen-bond acceptors (Lipinski definition) is 2. The van der Waals surface area contributed by atoms with Crippen molar-refractivity contribution in [1.29, 1.82) is 0 Å². The Morgan fingerprint density at radius 2 is 1.95 bits per heavy atom. The van der Waals surface area contributed by atoms with Crippen LogP contribution in [0.4, 0.5) is 4.39 Å². The maximum absolute atomic E-state index is 13.0. The minimum Gasteiger partial charge on any atom is -0.297 e. The highest BCUT2D eigenvalue weighted by Crippen LogP contribution is 2.38. The molecule has 0 aliphatic heterocycles. The zero-order valence-corrected chi connectivity index (χ0v) is 12.2. The normalized spacial score (nSPS) is 20.5. The maximum atomic E-state index is 13.0. The summed E-state index contributed by atoms with van der Waals surface area (Å²) < 4.78 is 14.2. The molecule has 0 radical (unpaired) electrons. The van der Waals surface area contributed by atoms with Crippen molar-refractivity contribution in [3.05, 3.63) is 56.1 Å². The fourth-order valence-electron chi connectivity index (χ4n) is 2.47. The topological polar surface area (TPSA) is 54.9 Å². The quantitative estimate of drug-likeness (QED) is 0.886. The van der Waals surface area contributed by atoms with Gasteiger partial charge < -0.3 is 0 Å². The average Bonchev–Trinajstić information content (AvgIpc) is 3.12. The molecule has 3 rings (SSSR count). The number of rotatable bonds is 3. The third-order valence-electron chi connectivity index (χ3n) is 3.97. The lowest BCUT2D eigenvalue weighted by Crippen LogP contribution is -2.36. The molecule has 0 amide bonds. The van der Waals surface area contributed by atoms with Gasteiger partial charge in [0.1, 0.15) is 11.0 Å². The number of aromatic nitrogens is 2. The molecule has 1 saturated carbocycles. The van der Waals surface area contributed by atoms with Crippen molar-refractivity contribution in [2.75, 3.05) is 0 Å². The van der Waals surface area contributed by atoms with Gasteiger partial charge in [-0.2, -0.15) is 0 Å². The molecule has 4 nitrogen and oxygen atoms in total. The monoisotopic (exact) mass is 308 g/mol. The molecule has 1 N–H and O–H groups in total. The summed E-state index contributed by atoms with van der Waals surface area (Å²) in [6.45, 7) is 2.47.